The molecule has 0 aromatic heterocycles. The first-order chi connectivity index (χ1) is 6.80. The molecule has 0 aromatic rings. The smallest absolute Gasteiger partial charge is 0.0812 e. The Labute approximate surface area is 89.1 Å². The van der Waals surface area contributed by atoms with Gasteiger partial charge in [-0.05, 0) is 12.8 Å². The highest BCUT2D eigenvalue weighted by molar-refractivity contribution is 6.89. The molecular formula is C13H22Si. The van der Waals surface area contributed by atoms with E-state index in [1.54, 1.807) is 23.7 Å². The lowest BCUT2D eigenvalue weighted by Crippen LogP contribution is -2.42. The number of allylic oxidation sites excluding steroid dienone is 4. The molecule has 0 aromatic carbocycles. The van der Waals surface area contributed by atoms with Crippen LogP contribution in [0.15, 0.2) is 22.9 Å². The van der Waals surface area contributed by atoms with E-state index < -0.39 is 8.07 Å². The van der Waals surface area contributed by atoms with Gasteiger partial charge < -0.3 is 0 Å². The van der Waals surface area contributed by atoms with Crippen LogP contribution >= 0.6 is 0 Å². The molecule has 0 atom stereocenters. The number of hydrogen-bond acceptors (Lipinski definition) is 0. The lowest BCUT2D eigenvalue weighted by atomic mass is 10.2. The van der Waals surface area contributed by atoms with Gasteiger partial charge in [-0.25, -0.2) is 0 Å². The monoisotopic (exact) mass is 206 g/mol. The van der Waals surface area contributed by atoms with Gasteiger partial charge in [-0.3, -0.25) is 0 Å². The third kappa shape index (κ3) is 1.63. The predicted octanol–water partition coefficient (Wildman–Crippen LogP) is 4.45. The largest absolute Gasteiger partial charge is 0.0862 e. The lowest BCUT2D eigenvalue weighted by Gasteiger charge is -2.40. The van der Waals surface area contributed by atoms with Gasteiger partial charge in [0.25, 0.3) is 0 Å². The molecule has 2 aliphatic rings. The molecule has 1 fully saturated rings. The zero-order valence-corrected chi connectivity index (χ0v) is 10.6. The second kappa shape index (κ2) is 4.06. The molecule has 0 amide bonds. The average molecular weight is 206 g/mol. The Morgan fingerprint density at radius 2 is 2.07 bits per heavy atom. The van der Waals surface area contributed by atoms with Crippen molar-refractivity contribution in [2.24, 2.45) is 0 Å². The molecule has 0 saturated carbocycles. The summed E-state index contributed by atoms with van der Waals surface area (Å²) < 4.78 is 0. The van der Waals surface area contributed by atoms with Crippen molar-refractivity contribution in [2.45, 2.75) is 57.7 Å². The Morgan fingerprint density at radius 3 is 2.50 bits per heavy atom. The first-order valence-corrected chi connectivity index (χ1v) is 8.83. The molecule has 0 bridgehead atoms. The van der Waals surface area contributed by atoms with Crippen LogP contribution in [0.25, 0.3) is 0 Å². The van der Waals surface area contributed by atoms with Crippen LogP contribution in [-0.2, 0) is 0 Å². The van der Waals surface area contributed by atoms with E-state index in [0.717, 1.165) is 0 Å². The van der Waals surface area contributed by atoms with Crippen LogP contribution in [0, 0.1) is 0 Å². The van der Waals surface area contributed by atoms with Gasteiger partial charge >= 0.3 is 0 Å². The Hall–Kier alpha value is -0.303. The summed E-state index contributed by atoms with van der Waals surface area (Å²) in [4.78, 5) is 0. The summed E-state index contributed by atoms with van der Waals surface area (Å²) in [7, 11) is -0.883. The Balaban J connectivity index is 2.10. The fourth-order valence-corrected chi connectivity index (χ4v) is 7.54. The molecule has 14 heavy (non-hydrogen) atoms. The summed E-state index contributed by atoms with van der Waals surface area (Å²) in [5.41, 5.74) is 1.68. The van der Waals surface area contributed by atoms with Gasteiger partial charge in [0.1, 0.15) is 0 Å². The molecule has 1 heterocycles. The van der Waals surface area contributed by atoms with E-state index in [9.17, 15) is 0 Å². The maximum absolute atomic E-state index is 2.56. The highest BCUT2D eigenvalue weighted by Crippen LogP contribution is 2.45. The maximum Gasteiger partial charge on any atom is 0.0862 e. The van der Waals surface area contributed by atoms with Gasteiger partial charge in [-0.2, -0.15) is 0 Å². The van der Waals surface area contributed by atoms with Crippen molar-refractivity contribution in [3.63, 3.8) is 0 Å². The van der Waals surface area contributed by atoms with Gasteiger partial charge in [0.15, 0.2) is 0 Å². The van der Waals surface area contributed by atoms with Crippen LogP contribution in [0.1, 0.15) is 39.5 Å². The zero-order valence-electron chi connectivity index (χ0n) is 9.60. The number of rotatable bonds is 4. The third-order valence-corrected chi connectivity index (χ3v) is 9.70. The van der Waals surface area contributed by atoms with E-state index in [0.29, 0.717) is 0 Å². The molecule has 0 unspecified atom stereocenters. The first-order valence-electron chi connectivity index (χ1n) is 6.21. The van der Waals surface area contributed by atoms with E-state index >= 15 is 0 Å². The summed E-state index contributed by atoms with van der Waals surface area (Å²) >= 11 is 0. The molecule has 1 saturated heterocycles. The van der Waals surface area contributed by atoms with E-state index in [1.807, 2.05) is 5.20 Å². The zero-order chi connectivity index (χ0) is 10.0. The van der Waals surface area contributed by atoms with Crippen LogP contribution in [0.4, 0.5) is 0 Å². The SMILES string of the molecule is CCC[Si]1(C2=CCC(CC)=C2)CCC1. The highest BCUT2D eigenvalue weighted by Gasteiger charge is 2.41. The molecule has 0 nitrogen and oxygen atoms in total. The van der Waals surface area contributed by atoms with E-state index in [4.69, 9.17) is 0 Å². The Bertz CT molecular complexity index is 269. The van der Waals surface area contributed by atoms with Crippen LogP contribution in [-0.4, -0.2) is 8.07 Å². The molecular weight excluding hydrogens is 184 g/mol. The van der Waals surface area contributed by atoms with Crippen molar-refractivity contribution in [3.8, 4) is 0 Å². The fourth-order valence-electron chi connectivity index (χ4n) is 2.96. The summed E-state index contributed by atoms with van der Waals surface area (Å²) in [5, 5.41) is 1.82. The second-order valence-corrected chi connectivity index (χ2v) is 9.54. The summed E-state index contributed by atoms with van der Waals surface area (Å²) in [6, 6.07) is 4.71. The molecule has 78 valence electrons. The van der Waals surface area contributed by atoms with E-state index in [2.05, 4.69) is 26.0 Å². The molecule has 1 aliphatic heterocycles. The quantitative estimate of drug-likeness (QED) is 0.596. The third-order valence-electron chi connectivity index (χ3n) is 4.05. The average Bonchev–Trinajstić information content (AvgIpc) is 2.59. The Kier molecular flexibility index (Phi) is 2.96. The summed E-state index contributed by atoms with van der Waals surface area (Å²) in [5.74, 6) is 0. The van der Waals surface area contributed by atoms with E-state index in [1.165, 1.54) is 25.7 Å². The summed E-state index contributed by atoms with van der Waals surface area (Å²) in [6.45, 7) is 4.64. The van der Waals surface area contributed by atoms with Crippen molar-refractivity contribution in [1.82, 2.24) is 0 Å². The van der Waals surface area contributed by atoms with Crippen LogP contribution in [0.3, 0.4) is 0 Å². The van der Waals surface area contributed by atoms with Gasteiger partial charge in [-0.1, -0.05) is 67.7 Å². The molecule has 0 radical (unpaired) electrons. The topological polar surface area (TPSA) is 0 Å². The minimum Gasteiger partial charge on any atom is -0.0812 e. The van der Waals surface area contributed by atoms with Gasteiger partial charge in [0, 0.05) is 0 Å². The van der Waals surface area contributed by atoms with Crippen molar-refractivity contribution < 1.29 is 0 Å². The lowest BCUT2D eigenvalue weighted by molar-refractivity contribution is 0.861. The Morgan fingerprint density at radius 1 is 1.29 bits per heavy atom. The van der Waals surface area contributed by atoms with Gasteiger partial charge in [0.05, 0.1) is 8.07 Å². The molecule has 0 N–H and O–H groups in total. The molecule has 2 rings (SSSR count). The molecule has 0 spiro atoms. The van der Waals surface area contributed by atoms with Crippen LogP contribution in [0.5, 0.6) is 0 Å². The highest BCUT2D eigenvalue weighted by atomic mass is 28.3. The van der Waals surface area contributed by atoms with E-state index in [-0.39, 0.29) is 0 Å². The molecule has 1 heteroatoms. The van der Waals surface area contributed by atoms with Crippen LogP contribution in [0.2, 0.25) is 18.1 Å². The first kappa shape index (κ1) is 10.2. The molecule has 1 aliphatic carbocycles. The van der Waals surface area contributed by atoms with Crippen molar-refractivity contribution in [3.05, 3.63) is 22.9 Å². The maximum atomic E-state index is 2.56. The number of hydrogen-bond donors (Lipinski definition) is 0. The minimum absolute atomic E-state index is 0.883. The standard InChI is InChI=1S/C13H22Si/c1-3-8-14(9-5-10-14)13-7-6-12(4-2)11-13/h7,11H,3-6,8-10H2,1-2H3. The predicted molar refractivity (Wildman–Crippen MR) is 66.2 cm³/mol. The van der Waals surface area contributed by atoms with Crippen molar-refractivity contribution >= 4 is 8.07 Å². The van der Waals surface area contributed by atoms with Gasteiger partial charge in [-0.15, -0.1) is 0 Å². The van der Waals surface area contributed by atoms with Crippen LogP contribution < -0.4 is 0 Å². The fraction of sp³-hybridized carbons (Fsp3) is 0.692. The van der Waals surface area contributed by atoms with Crippen molar-refractivity contribution in [2.75, 3.05) is 0 Å². The second-order valence-electron chi connectivity index (χ2n) is 4.90. The van der Waals surface area contributed by atoms with Crippen molar-refractivity contribution in [1.29, 1.82) is 0 Å². The normalized spacial score (nSPS) is 24.1. The van der Waals surface area contributed by atoms with Gasteiger partial charge in [0.2, 0.25) is 0 Å². The summed E-state index contributed by atoms with van der Waals surface area (Å²) in [6.07, 6.45) is 10.6. The minimum atomic E-state index is -0.883.